The number of alkyl halides is 2. The summed E-state index contributed by atoms with van der Waals surface area (Å²) in [6.07, 6.45) is 0. The third-order valence-corrected chi connectivity index (χ3v) is 2.22. The smallest absolute Gasteiger partial charge is 0.289 e. The molecule has 18 heavy (non-hydrogen) atoms. The van der Waals surface area contributed by atoms with Crippen molar-refractivity contribution in [2.75, 3.05) is 6.61 Å². The maximum absolute atomic E-state index is 13.1. The Labute approximate surface area is 107 Å². The molecule has 0 bridgehead atoms. The van der Waals surface area contributed by atoms with Gasteiger partial charge in [0.2, 0.25) is 0 Å². The van der Waals surface area contributed by atoms with Crippen molar-refractivity contribution in [2.24, 2.45) is 5.73 Å². The normalized spacial score (nSPS) is 12.4. The van der Waals surface area contributed by atoms with E-state index >= 15 is 0 Å². The van der Waals surface area contributed by atoms with Crippen LogP contribution in [0.3, 0.4) is 0 Å². The van der Waals surface area contributed by atoms with E-state index in [1.165, 1.54) is 0 Å². The van der Waals surface area contributed by atoms with Crippen LogP contribution in [0.15, 0.2) is 12.1 Å². The number of aromatic hydroxyl groups is 1. The Kier molecular flexibility index (Phi) is 5.42. The van der Waals surface area contributed by atoms with Gasteiger partial charge in [0.15, 0.2) is 11.6 Å². The minimum atomic E-state index is -3.72. The van der Waals surface area contributed by atoms with Gasteiger partial charge < -0.3 is 15.9 Å². The van der Waals surface area contributed by atoms with Crippen molar-refractivity contribution < 1.29 is 23.4 Å². The van der Waals surface area contributed by atoms with Crippen LogP contribution in [0.25, 0.3) is 0 Å². The van der Waals surface area contributed by atoms with E-state index in [4.69, 9.17) is 16.1 Å². The maximum atomic E-state index is 13.1. The van der Waals surface area contributed by atoms with Crippen molar-refractivity contribution in [1.29, 1.82) is 5.26 Å². The lowest BCUT2D eigenvalue weighted by Gasteiger charge is -2.22. The van der Waals surface area contributed by atoms with Gasteiger partial charge in [-0.05, 0) is 12.1 Å². The molecule has 1 atom stereocenters. The molecule has 0 aromatic heterocycles. The highest BCUT2D eigenvalue weighted by Gasteiger charge is 2.39. The second-order valence-corrected chi connectivity index (χ2v) is 3.40. The summed E-state index contributed by atoms with van der Waals surface area (Å²) < 4.78 is 39.3. The maximum Gasteiger partial charge on any atom is 0.289 e. The molecule has 1 rings (SSSR count). The number of phenols is 1. The van der Waals surface area contributed by atoms with Crippen LogP contribution in [0.4, 0.5) is 13.2 Å². The highest BCUT2D eigenvalue weighted by atomic mass is 35.5. The average molecular weight is 283 g/mol. The zero-order valence-corrected chi connectivity index (χ0v) is 9.72. The molecule has 0 radical (unpaired) electrons. The first-order valence-corrected chi connectivity index (χ1v) is 4.50. The van der Waals surface area contributed by atoms with E-state index < -0.39 is 35.7 Å². The van der Waals surface area contributed by atoms with Gasteiger partial charge in [-0.15, -0.1) is 12.4 Å². The highest BCUT2D eigenvalue weighted by molar-refractivity contribution is 5.85. The fraction of sp³-hybridized carbons (Fsp3) is 0.300. The number of benzene rings is 1. The van der Waals surface area contributed by atoms with Crippen molar-refractivity contribution in [2.45, 2.75) is 12.0 Å². The lowest BCUT2D eigenvalue weighted by molar-refractivity contribution is -0.0716. The Morgan fingerprint density at radius 2 is 2.00 bits per heavy atom. The van der Waals surface area contributed by atoms with Crippen LogP contribution in [-0.4, -0.2) is 22.7 Å². The summed E-state index contributed by atoms with van der Waals surface area (Å²) in [4.78, 5) is 0. The number of aliphatic hydroxyl groups is 1. The number of nitriles is 1. The van der Waals surface area contributed by atoms with Crippen LogP contribution in [0.2, 0.25) is 0 Å². The van der Waals surface area contributed by atoms with Gasteiger partial charge in [0, 0.05) is 5.56 Å². The minimum absolute atomic E-state index is 0. The topological polar surface area (TPSA) is 90.3 Å². The molecule has 0 aliphatic carbocycles. The van der Waals surface area contributed by atoms with E-state index in [9.17, 15) is 18.3 Å². The van der Waals surface area contributed by atoms with E-state index in [2.05, 4.69) is 0 Å². The van der Waals surface area contributed by atoms with E-state index in [0.717, 1.165) is 6.07 Å². The van der Waals surface area contributed by atoms with Crippen molar-refractivity contribution in [3.63, 3.8) is 0 Å². The molecule has 1 aromatic rings. The molecule has 0 fully saturated rings. The van der Waals surface area contributed by atoms with Gasteiger partial charge >= 0.3 is 0 Å². The van der Waals surface area contributed by atoms with Gasteiger partial charge in [0.25, 0.3) is 5.92 Å². The molecule has 100 valence electrons. The van der Waals surface area contributed by atoms with Gasteiger partial charge in [-0.3, -0.25) is 0 Å². The monoisotopic (exact) mass is 282 g/mol. The van der Waals surface area contributed by atoms with Crippen molar-refractivity contribution in [1.82, 2.24) is 0 Å². The van der Waals surface area contributed by atoms with Crippen LogP contribution in [0, 0.1) is 17.1 Å². The molecule has 4 nitrogen and oxygen atoms in total. The number of halogens is 4. The van der Waals surface area contributed by atoms with Crippen LogP contribution >= 0.6 is 12.4 Å². The molecule has 4 N–H and O–H groups in total. The second-order valence-electron chi connectivity index (χ2n) is 3.40. The van der Waals surface area contributed by atoms with Crippen LogP contribution in [-0.2, 0) is 0 Å². The van der Waals surface area contributed by atoms with Gasteiger partial charge in [-0.2, -0.15) is 5.26 Å². The highest BCUT2D eigenvalue weighted by Crippen LogP contribution is 2.35. The van der Waals surface area contributed by atoms with Gasteiger partial charge in [0.1, 0.15) is 12.6 Å². The Morgan fingerprint density at radius 3 is 2.44 bits per heavy atom. The largest absolute Gasteiger partial charge is 0.505 e. The fourth-order valence-corrected chi connectivity index (χ4v) is 1.25. The summed E-state index contributed by atoms with van der Waals surface area (Å²) in [5, 5.41) is 26.3. The zero-order valence-electron chi connectivity index (χ0n) is 8.90. The SMILES string of the molecule is Cl.N#Cc1cc(F)c(O)c([C@@H](N)C(F)(F)CO)c1. The van der Waals surface area contributed by atoms with E-state index in [1.54, 1.807) is 6.07 Å². The number of nitrogens with zero attached hydrogens (tertiary/aromatic N) is 1. The van der Waals surface area contributed by atoms with Gasteiger partial charge in [0.05, 0.1) is 11.6 Å². The van der Waals surface area contributed by atoms with Crippen molar-refractivity contribution in [3.05, 3.63) is 29.1 Å². The third kappa shape index (κ3) is 3.04. The first-order chi connectivity index (χ1) is 7.83. The summed E-state index contributed by atoms with van der Waals surface area (Å²) in [5.74, 6) is -5.99. The average Bonchev–Trinajstić information content (AvgIpc) is 2.31. The Balaban J connectivity index is 0.00000289. The molecule has 0 unspecified atom stereocenters. The Bertz CT molecular complexity index is 477. The first-order valence-electron chi connectivity index (χ1n) is 4.50. The molecule has 0 aliphatic heterocycles. The Morgan fingerprint density at radius 1 is 1.44 bits per heavy atom. The summed E-state index contributed by atoms with van der Waals surface area (Å²) in [5.41, 5.74) is 4.26. The minimum Gasteiger partial charge on any atom is -0.505 e. The fourth-order valence-electron chi connectivity index (χ4n) is 1.25. The predicted octanol–water partition coefficient (Wildman–Crippen LogP) is 1.45. The van der Waals surface area contributed by atoms with E-state index in [-0.39, 0.29) is 18.0 Å². The quantitative estimate of drug-likeness (QED) is 0.783. The molecular formula is C10H10ClF3N2O2. The molecule has 0 saturated heterocycles. The van der Waals surface area contributed by atoms with E-state index in [0.29, 0.717) is 6.07 Å². The number of nitrogens with two attached hydrogens (primary N) is 1. The molecule has 1 aromatic carbocycles. The van der Waals surface area contributed by atoms with Gasteiger partial charge in [-0.25, -0.2) is 13.2 Å². The second kappa shape index (κ2) is 5.91. The van der Waals surface area contributed by atoms with Crippen LogP contribution < -0.4 is 5.73 Å². The first kappa shape index (κ1) is 16.5. The number of phenolic OH excluding ortho intramolecular Hbond substituents is 1. The lowest BCUT2D eigenvalue weighted by Crippen LogP contribution is -2.36. The Hall–Kier alpha value is -1.49. The summed E-state index contributed by atoms with van der Waals surface area (Å²) >= 11 is 0. The summed E-state index contributed by atoms with van der Waals surface area (Å²) in [7, 11) is 0. The predicted molar refractivity (Wildman–Crippen MR) is 59.0 cm³/mol. The van der Waals surface area contributed by atoms with Crippen molar-refractivity contribution >= 4 is 12.4 Å². The van der Waals surface area contributed by atoms with Crippen LogP contribution in [0.1, 0.15) is 17.2 Å². The third-order valence-electron chi connectivity index (χ3n) is 2.22. The van der Waals surface area contributed by atoms with Crippen LogP contribution in [0.5, 0.6) is 5.75 Å². The lowest BCUT2D eigenvalue weighted by atomic mass is 9.98. The molecular weight excluding hydrogens is 273 g/mol. The molecule has 8 heteroatoms. The van der Waals surface area contributed by atoms with Gasteiger partial charge in [-0.1, -0.05) is 0 Å². The number of aliphatic hydroxyl groups excluding tert-OH is 1. The molecule has 0 heterocycles. The molecule has 0 saturated carbocycles. The zero-order chi connectivity index (χ0) is 13.2. The molecule has 0 amide bonds. The van der Waals surface area contributed by atoms with Crippen molar-refractivity contribution in [3.8, 4) is 11.8 Å². The molecule has 0 aliphatic rings. The number of rotatable bonds is 3. The van der Waals surface area contributed by atoms with E-state index in [1.807, 2.05) is 0 Å². The number of hydrogen-bond acceptors (Lipinski definition) is 4. The summed E-state index contributed by atoms with van der Waals surface area (Å²) in [6, 6.07) is 0.995. The number of hydrogen-bond donors (Lipinski definition) is 3. The standard InChI is InChI=1S/C10H9F3N2O2.ClH/c11-7-2-5(3-14)1-6(8(7)17)9(15)10(12,13)4-16;/h1-2,9,16-17H,4,15H2;1H/t9-;/m1./s1. The summed E-state index contributed by atoms with van der Waals surface area (Å²) in [6.45, 7) is -1.55. The molecule has 0 spiro atoms.